The predicted octanol–water partition coefficient (Wildman–Crippen LogP) is 4.30. The van der Waals surface area contributed by atoms with E-state index in [9.17, 15) is 13.2 Å². The Bertz CT molecular complexity index is 701. The molecule has 0 radical (unpaired) electrons. The summed E-state index contributed by atoms with van der Waals surface area (Å²) in [5.41, 5.74) is 0.977. The minimum atomic E-state index is -4.31. The second-order valence-corrected chi connectivity index (χ2v) is 6.02. The van der Waals surface area contributed by atoms with Crippen LogP contribution in [-0.4, -0.2) is 29.2 Å². The Labute approximate surface area is 174 Å². The van der Waals surface area contributed by atoms with Gasteiger partial charge in [0.25, 0.3) is 0 Å². The van der Waals surface area contributed by atoms with Gasteiger partial charge in [-0.3, -0.25) is 5.10 Å². The molecule has 27 heavy (non-hydrogen) atoms. The van der Waals surface area contributed by atoms with Gasteiger partial charge in [-0.05, 0) is 37.0 Å². The van der Waals surface area contributed by atoms with E-state index < -0.39 is 11.7 Å². The summed E-state index contributed by atoms with van der Waals surface area (Å²) in [6, 6.07) is 7.36. The van der Waals surface area contributed by atoms with Crippen LogP contribution in [-0.2, 0) is 12.7 Å². The molecule has 1 aromatic carbocycles. The molecular formula is C18H25F3IN5. The third kappa shape index (κ3) is 7.77. The van der Waals surface area contributed by atoms with E-state index in [1.54, 1.807) is 12.3 Å². The van der Waals surface area contributed by atoms with Gasteiger partial charge >= 0.3 is 6.18 Å². The van der Waals surface area contributed by atoms with Crippen molar-refractivity contribution in [3.63, 3.8) is 0 Å². The summed E-state index contributed by atoms with van der Waals surface area (Å²) in [7, 11) is 0. The highest BCUT2D eigenvalue weighted by molar-refractivity contribution is 14.0. The second kappa shape index (κ2) is 11.2. The van der Waals surface area contributed by atoms with Crippen molar-refractivity contribution < 1.29 is 13.2 Å². The molecule has 0 aliphatic carbocycles. The molecule has 1 atom stereocenters. The molecule has 0 fully saturated rings. The summed E-state index contributed by atoms with van der Waals surface area (Å²) in [5.74, 6) is 0.665. The van der Waals surface area contributed by atoms with Gasteiger partial charge in [-0.15, -0.1) is 24.0 Å². The van der Waals surface area contributed by atoms with Crippen LogP contribution in [0.5, 0.6) is 0 Å². The van der Waals surface area contributed by atoms with Crippen molar-refractivity contribution >= 4 is 29.9 Å². The second-order valence-electron chi connectivity index (χ2n) is 6.02. The molecule has 150 valence electrons. The number of aliphatic imine (C=N–C) groups is 1. The Kier molecular flexibility index (Phi) is 9.61. The first-order valence-electron chi connectivity index (χ1n) is 8.57. The number of hydrogen-bond acceptors (Lipinski definition) is 2. The molecule has 9 heteroatoms. The SMILES string of the molecule is CCNC(=NCc1ccn[nH]1)NCCC(C)c1cccc(C(F)(F)F)c1.I. The number of benzene rings is 1. The summed E-state index contributed by atoms with van der Waals surface area (Å²) in [4.78, 5) is 4.45. The van der Waals surface area contributed by atoms with Crippen LogP contribution >= 0.6 is 24.0 Å². The van der Waals surface area contributed by atoms with Crippen molar-refractivity contribution in [1.82, 2.24) is 20.8 Å². The van der Waals surface area contributed by atoms with Crippen LogP contribution in [0.25, 0.3) is 0 Å². The lowest BCUT2D eigenvalue weighted by Crippen LogP contribution is -2.38. The van der Waals surface area contributed by atoms with E-state index in [0.29, 0.717) is 31.0 Å². The van der Waals surface area contributed by atoms with E-state index in [1.165, 1.54) is 12.1 Å². The van der Waals surface area contributed by atoms with E-state index in [4.69, 9.17) is 0 Å². The Hall–Kier alpha value is -1.78. The predicted molar refractivity (Wildman–Crippen MR) is 111 cm³/mol. The van der Waals surface area contributed by atoms with Crippen molar-refractivity contribution in [2.75, 3.05) is 13.1 Å². The van der Waals surface area contributed by atoms with Crippen molar-refractivity contribution in [2.45, 2.75) is 38.9 Å². The number of hydrogen-bond donors (Lipinski definition) is 3. The number of aromatic amines is 1. The smallest absolute Gasteiger partial charge is 0.357 e. The number of guanidine groups is 1. The molecule has 1 unspecified atom stereocenters. The number of halogens is 4. The minimum Gasteiger partial charge on any atom is -0.357 e. The molecule has 0 spiro atoms. The fraction of sp³-hybridized carbons (Fsp3) is 0.444. The van der Waals surface area contributed by atoms with Gasteiger partial charge in [0.05, 0.1) is 17.8 Å². The fourth-order valence-corrected chi connectivity index (χ4v) is 2.47. The topological polar surface area (TPSA) is 65.1 Å². The Morgan fingerprint density at radius 1 is 1.26 bits per heavy atom. The van der Waals surface area contributed by atoms with Gasteiger partial charge in [0, 0.05) is 19.3 Å². The van der Waals surface area contributed by atoms with Gasteiger partial charge in [0.2, 0.25) is 0 Å². The maximum absolute atomic E-state index is 12.8. The van der Waals surface area contributed by atoms with Crippen LogP contribution in [0.1, 0.15) is 43.0 Å². The van der Waals surface area contributed by atoms with Crippen LogP contribution < -0.4 is 10.6 Å². The maximum atomic E-state index is 12.8. The highest BCUT2D eigenvalue weighted by Gasteiger charge is 2.30. The number of nitrogens with zero attached hydrogens (tertiary/aromatic N) is 2. The van der Waals surface area contributed by atoms with Gasteiger partial charge in [-0.25, -0.2) is 4.99 Å². The number of rotatable bonds is 7. The molecule has 0 saturated heterocycles. The lowest BCUT2D eigenvalue weighted by molar-refractivity contribution is -0.137. The number of H-pyrrole nitrogens is 1. The molecular weight excluding hydrogens is 470 g/mol. The van der Waals surface area contributed by atoms with Crippen LogP contribution in [0.3, 0.4) is 0 Å². The maximum Gasteiger partial charge on any atom is 0.416 e. The molecule has 0 aliphatic rings. The van der Waals surface area contributed by atoms with E-state index >= 15 is 0 Å². The monoisotopic (exact) mass is 495 g/mol. The van der Waals surface area contributed by atoms with Crippen LogP contribution in [0.4, 0.5) is 13.2 Å². The third-order valence-corrected chi connectivity index (χ3v) is 3.96. The molecule has 0 amide bonds. The summed E-state index contributed by atoms with van der Waals surface area (Å²) in [6.45, 7) is 5.69. The Morgan fingerprint density at radius 2 is 2.04 bits per heavy atom. The first kappa shape index (κ1) is 23.3. The van der Waals surface area contributed by atoms with E-state index in [-0.39, 0.29) is 29.9 Å². The average Bonchev–Trinajstić information content (AvgIpc) is 3.12. The lowest BCUT2D eigenvalue weighted by Gasteiger charge is -2.16. The van der Waals surface area contributed by atoms with Gasteiger partial charge in [-0.2, -0.15) is 18.3 Å². The molecule has 5 nitrogen and oxygen atoms in total. The minimum absolute atomic E-state index is 0. The van der Waals surface area contributed by atoms with Crippen LogP contribution in [0.15, 0.2) is 41.5 Å². The Morgan fingerprint density at radius 3 is 2.67 bits per heavy atom. The standard InChI is InChI=1S/C18H24F3N5.HI/c1-3-22-17(24-12-16-8-10-25-26-16)23-9-7-13(2)14-5-4-6-15(11-14)18(19,20)21;/h4-6,8,10-11,13H,3,7,9,12H2,1-2H3,(H,25,26)(H2,22,23,24);1H. The van der Waals surface area contributed by atoms with Gasteiger partial charge < -0.3 is 10.6 Å². The van der Waals surface area contributed by atoms with Crippen molar-refractivity contribution in [3.8, 4) is 0 Å². The van der Waals surface area contributed by atoms with Gasteiger partial charge in [0.1, 0.15) is 0 Å². The molecule has 1 aromatic heterocycles. The zero-order valence-electron chi connectivity index (χ0n) is 15.3. The van der Waals surface area contributed by atoms with Crippen molar-refractivity contribution in [1.29, 1.82) is 0 Å². The fourth-order valence-electron chi connectivity index (χ4n) is 2.47. The largest absolute Gasteiger partial charge is 0.416 e. The summed E-state index contributed by atoms with van der Waals surface area (Å²) in [6.07, 6.45) is -1.96. The van der Waals surface area contributed by atoms with Gasteiger partial charge in [-0.1, -0.05) is 25.1 Å². The molecule has 0 aliphatic heterocycles. The van der Waals surface area contributed by atoms with E-state index in [2.05, 4.69) is 25.8 Å². The van der Waals surface area contributed by atoms with E-state index in [1.807, 2.05) is 19.9 Å². The number of alkyl halides is 3. The number of nitrogens with one attached hydrogen (secondary N) is 3. The first-order valence-corrected chi connectivity index (χ1v) is 8.57. The first-order chi connectivity index (χ1) is 12.4. The van der Waals surface area contributed by atoms with Crippen molar-refractivity contribution in [2.24, 2.45) is 4.99 Å². The molecule has 0 bridgehead atoms. The zero-order chi connectivity index (χ0) is 19.0. The van der Waals surface area contributed by atoms with E-state index in [0.717, 1.165) is 18.3 Å². The Balaban J connectivity index is 0.00000364. The summed E-state index contributed by atoms with van der Waals surface area (Å²) >= 11 is 0. The molecule has 3 N–H and O–H groups in total. The third-order valence-electron chi connectivity index (χ3n) is 3.96. The average molecular weight is 495 g/mol. The number of aromatic nitrogens is 2. The molecule has 2 rings (SSSR count). The quantitative estimate of drug-likeness (QED) is 0.305. The molecule has 2 aromatic rings. The van der Waals surface area contributed by atoms with Crippen molar-refractivity contribution in [3.05, 3.63) is 53.3 Å². The highest BCUT2D eigenvalue weighted by Crippen LogP contribution is 2.31. The molecule has 0 saturated carbocycles. The summed E-state index contributed by atoms with van der Waals surface area (Å²) < 4.78 is 38.5. The van der Waals surface area contributed by atoms with Crippen LogP contribution in [0, 0.1) is 0 Å². The van der Waals surface area contributed by atoms with Crippen LogP contribution in [0.2, 0.25) is 0 Å². The lowest BCUT2D eigenvalue weighted by atomic mass is 9.96. The summed E-state index contributed by atoms with van der Waals surface area (Å²) in [5, 5.41) is 13.1. The highest BCUT2D eigenvalue weighted by atomic mass is 127. The molecule has 1 heterocycles. The normalized spacial score (nSPS) is 13.0. The van der Waals surface area contributed by atoms with Gasteiger partial charge in [0.15, 0.2) is 5.96 Å². The zero-order valence-corrected chi connectivity index (χ0v) is 17.6.